The maximum absolute atomic E-state index is 3.84. The smallest absolute Gasteiger partial charge is 0.00967 e. The third-order valence-corrected chi connectivity index (χ3v) is 6.03. The summed E-state index contributed by atoms with van der Waals surface area (Å²) in [5.74, 6) is 1.79. The van der Waals surface area contributed by atoms with Crippen LogP contribution in [0.25, 0.3) is 0 Å². The van der Waals surface area contributed by atoms with Crippen LogP contribution >= 0.6 is 0 Å². The van der Waals surface area contributed by atoms with Gasteiger partial charge in [-0.25, -0.2) is 0 Å². The van der Waals surface area contributed by atoms with Crippen molar-refractivity contribution in [2.45, 2.75) is 99.5 Å². The molecule has 0 spiro atoms. The molecule has 0 aromatic heterocycles. The molecule has 0 amide bonds. The quantitative estimate of drug-likeness (QED) is 0.652. The minimum absolute atomic E-state index is 0.236. The summed E-state index contributed by atoms with van der Waals surface area (Å²) < 4.78 is 0. The van der Waals surface area contributed by atoms with Crippen molar-refractivity contribution in [3.05, 3.63) is 0 Å². The molecule has 1 N–H and O–H groups in total. The van der Waals surface area contributed by atoms with Crippen molar-refractivity contribution in [2.75, 3.05) is 6.54 Å². The van der Waals surface area contributed by atoms with Gasteiger partial charge >= 0.3 is 0 Å². The van der Waals surface area contributed by atoms with Gasteiger partial charge in [0, 0.05) is 12.1 Å². The Morgan fingerprint density at radius 3 is 1.76 bits per heavy atom. The van der Waals surface area contributed by atoms with E-state index in [9.17, 15) is 0 Å². The second-order valence-corrected chi connectivity index (χ2v) is 9.62. The summed E-state index contributed by atoms with van der Waals surface area (Å²) in [4.78, 5) is 0. The summed E-state index contributed by atoms with van der Waals surface area (Å²) in [5.41, 5.74) is 1.26. The number of hydrogen-bond acceptors (Lipinski definition) is 1. The second-order valence-electron chi connectivity index (χ2n) is 9.62. The number of rotatable bonds is 5. The Kier molecular flexibility index (Phi) is 6.36. The first-order chi connectivity index (χ1) is 9.54. The predicted octanol–water partition coefficient (Wildman–Crippen LogP) is 6.03. The van der Waals surface area contributed by atoms with Crippen molar-refractivity contribution >= 4 is 0 Å². The highest BCUT2D eigenvalue weighted by molar-refractivity contribution is 4.95. The molecular formula is C20H41N. The molecule has 1 saturated carbocycles. The van der Waals surface area contributed by atoms with E-state index in [1.165, 1.54) is 45.1 Å². The largest absolute Gasteiger partial charge is 0.312 e. The highest BCUT2D eigenvalue weighted by Gasteiger charge is 2.42. The maximum Gasteiger partial charge on any atom is 0.00967 e. The van der Waals surface area contributed by atoms with Gasteiger partial charge in [0.25, 0.3) is 0 Å². The van der Waals surface area contributed by atoms with E-state index < -0.39 is 0 Å². The van der Waals surface area contributed by atoms with Gasteiger partial charge in [0.1, 0.15) is 0 Å². The Labute approximate surface area is 134 Å². The maximum atomic E-state index is 3.84. The molecule has 0 aromatic rings. The molecule has 1 fully saturated rings. The average molecular weight is 296 g/mol. The fraction of sp³-hybridized carbons (Fsp3) is 1.00. The van der Waals surface area contributed by atoms with Gasteiger partial charge in [0.2, 0.25) is 0 Å². The van der Waals surface area contributed by atoms with Crippen molar-refractivity contribution in [1.82, 2.24) is 5.32 Å². The minimum Gasteiger partial charge on any atom is -0.312 e. The molecule has 1 nitrogen and oxygen atoms in total. The first kappa shape index (κ1) is 19.0. The van der Waals surface area contributed by atoms with E-state index in [4.69, 9.17) is 0 Å². The average Bonchev–Trinajstić information content (AvgIpc) is 2.36. The fourth-order valence-electron chi connectivity index (χ4n) is 4.38. The topological polar surface area (TPSA) is 12.0 Å². The van der Waals surface area contributed by atoms with Gasteiger partial charge < -0.3 is 5.32 Å². The first-order valence-corrected chi connectivity index (χ1v) is 9.29. The Hall–Kier alpha value is -0.0400. The SMILES string of the molecule is CCC(CC)C1(CNC(C)(C)C)CCC(C(C)(C)C)CC1. The molecule has 0 saturated heterocycles. The van der Waals surface area contributed by atoms with Gasteiger partial charge in [0.15, 0.2) is 0 Å². The van der Waals surface area contributed by atoms with Crippen LogP contribution in [0.1, 0.15) is 93.9 Å². The van der Waals surface area contributed by atoms with Crippen molar-refractivity contribution in [3.63, 3.8) is 0 Å². The van der Waals surface area contributed by atoms with Crippen LogP contribution in [0.5, 0.6) is 0 Å². The van der Waals surface area contributed by atoms with E-state index in [1.54, 1.807) is 0 Å². The molecule has 126 valence electrons. The van der Waals surface area contributed by atoms with Crippen molar-refractivity contribution < 1.29 is 0 Å². The molecule has 0 bridgehead atoms. The van der Waals surface area contributed by atoms with Gasteiger partial charge in [-0.15, -0.1) is 0 Å². The van der Waals surface area contributed by atoms with E-state index in [0.717, 1.165) is 11.8 Å². The molecule has 1 aliphatic rings. The number of hydrogen-bond donors (Lipinski definition) is 1. The summed E-state index contributed by atoms with van der Waals surface area (Å²) in [5, 5.41) is 3.84. The zero-order chi connectivity index (χ0) is 16.3. The zero-order valence-corrected chi connectivity index (χ0v) is 16.1. The van der Waals surface area contributed by atoms with E-state index >= 15 is 0 Å². The highest BCUT2D eigenvalue weighted by atomic mass is 15.0. The van der Waals surface area contributed by atoms with Crippen LogP contribution in [-0.2, 0) is 0 Å². The third-order valence-electron chi connectivity index (χ3n) is 6.03. The van der Waals surface area contributed by atoms with Gasteiger partial charge in [-0.1, -0.05) is 47.5 Å². The Balaban J connectivity index is 2.81. The summed E-state index contributed by atoms with van der Waals surface area (Å²) in [6.45, 7) is 20.2. The van der Waals surface area contributed by atoms with Crippen molar-refractivity contribution in [1.29, 1.82) is 0 Å². The lowest BCUT2D eigenvalue weighted by Gasteiger charge is -2.49. The summed E-state index contributed by atoms with van der Waals surface area (Å²) >= 11 is 0. The van der Waals surface area contributed by atoms with Gasteiger partial charge in [-0.2, -0.15) is 0 Å². The molecule has 0 atom stereocenters. The molecule has 1 aliphatic carbocycles. The van der Waals surface area contributed by atoms with Crippen LogP contribution in [0.4, 0.5) is 0 Å². The summed E-state index contributed by atoms with van der Waals surface area (Å²) in [7, 11) is 0. The highest BCUT2D eigenvalue weighted by Crippen LogP contribution is 2.50. The van der Waals surface area contributed by atoms with Gasteiger partial charge in [-0.05, 0) is 69.1 Å². The Morgan fingerprint density at radius 2 is 1.43 bits per heavy atom. The Morgan fingerprint density at radius 1 is 0.952 bits per heavy atom. The predicted molar refractivity (Wildman–Crippen MR) is 95.7 cm³/mol. The summed E-state index contributed by atoms with van der Waals surface area (Å²) in [6.07, 6.45) is 8.36. The normalized spacial score (nSPS) is 28.1. The van der Waals surface area contributed by atoms with Gasteiger partial charge in [0.05, 0.1) is 0 Å². The molecule has 21 heavy (non-hydrogen) atoms. The first-order valence-electron chi connectivity index (χ1n) is 9.29. The lowest BCUT2D eigenvalue weighted by molar-refractivity contribution is 0.0301. The van der Waals surface area contributed by atoms with Crippen LogP contribution in [0.3, 0.4) is 0 Å². The molecular weight excluding hydrogens is 254 g/mol. The van der Waals surface area contributed by atoms with Crippen LogP contribution in [0.2, 0.25) is 0 Å². The molecule has 0 aromatic carbocycles. The molecule has 0 heterocycles. The molecule has 1 heteroatoms. The Bertz CT molecular complexity index is 293. The van der Waals surface area contributed by atoms with Crippen LogP contribution in [0.15, 0.2) is 0 Å². The van der Waals surface area contributed by atoms with E-state index in [0.29, 0.717) is 10.8 Å². The monoisotopic (exact) mass is 295 g/mol. The molecule has 1 rings (SSSR count). The van der Waals surface area contributed by atoms with Crippen LogP contribution < -0.4 is 5.32 Å². The lowest BCUT2D eigenvalue weighted by Crippen LogP contribution is -2.49. The van der Waals surface area contributed by atoms with Crippen molar-refractivity contribution in [2.24, 2.45) is 22.7 Å². The van der Waals surface area contributed by atoms with Crippen LogP contribution in [-0.4, -0.2) is 12.1 Å². The summed E-state index contributed by atoms with van der Waals surface area (Å²) in [6, 6.07) is 0. The minimum atomic E-state index is 0.236. The third kappa shape index (κ3) is 5.27. The lowest BCUT2D eigenvalue weighted by atomic mass is 9.58. The van der Waals surface area contributed by atoms with Crippen LogP contribution in [0, 0.1) is 22.7 Å². The molecule has 0 unspecified atom stereocenters. The van der Waals surface area contributed by atoms with Gasteiger partial charge in [-0.3, -0.25) is 0 Å². The van der Waals surface area contributed by atoms with E-state index in [2.05, 4.69) is 60.7 Å². The second kappa shape index (κ2) is 7.02. The van der Waals surface area contributed by atoms with E-state index in [-0.39, 0.29) is 5.54 Å². The molecule has 0 aliphatic heterocycles. The zero-order valence-electron chi connectivity index (χ0n) is 16.1. The standard InChI is InChI=1S/C20H41N/c1-9-16(10-2)20(15-21-19(6,7)8)13-11-17(12-14-20)18(3,4)5/h16-17,21H,9-15H2,1-8H3. The van der Waals surface area contributed by atoms with Crippen molar-refractivity contribution in [3.8, 4) is 0 Å². The van der Waals surface area contributed by atoms with E-state index in [1.807, 2.05) is 0 Å². The molecule has 0 radical (unpaired) electrons. The fourth-order valence-corrected chi connectivity index (χ4v) is 4.38. The number of nitrogens with one attached hydrogen (secondary N) is 1.